The maximum absolute atomic E-state index is 6.48. The van der Waals surface area contributed by atoms with Crippen LogP contribution in [0.4, 0.5) is 0 Å². The van der Waals surface area contributed by atoms with Gasteiger partial charge >= 0.3 is 0 Å². The monoisotopic (exact) mass is 665 g/mol. The van der Waals surface area contributed by atoms with Crippen molar-refractivity contribution in [1.82, 2.24) is 15.0 Å². The Balaban J connectivity index is 1.15. The molecule has 242 valence electrons. The first-order valence-electron chi connectivity index (χ1n) is 17.3. The lowest BCUT2D eigenvalue weighted by atomic mass is 9.97. The molecule has 0 saturated heterocycles. The number of para-hydroxylation sites is 1. The number of hydrogen-bond donors (Lipinski definition) is 0. The summed E-state index contributed by atoms with van der Waals surface area (Å²) in [6.45, 7) is 0. The van der Waals surface area contributed by atoms with Gasteiger partial charge in [-0.05, 0) is 75.1 Å². The third-order valence-corrected chi connectivity index (χ3v) is 10.1. The molecule has 0 unspecified atom stereocenters. The van der Waals surface area contributed by atoms with E-state index in [1.165, 1.54) is 10.8 Å². The number of rotatable bonds is 4. The van der Waals surface area contributed by atoms with Gasteiger partial charge in [0.15, 0.2) is 17.5 Å². The number of aromatic nitrogens is 3. The maximum Gasteiger partial charge on any atom is 0.164 e. The summed E-state index contributed by atoms with van der Waals surface area (Å²) in [6.07, 6.45) is 0. The molecular formula is C47H27N3O2. The maximum atomic E-state index is 6.48. The van der Waals surface area contributed by atoms with Crippen molar-refractivity contribution in [3.63, 3.8) is 0 Å². The molecule has 0 radical (unpaired) electrons. The van der Waals surface area contributed by atoms with Crippen LogP contribution in [0.3, 0.4) is 0 Å². The largest absolute Gasteiger partial charge is 0.456 e. The zero-order chi connectivity index (χ0) is 34.2. The molecule has 0 N–H and O–H groups in total. The van der Waals surface area contributed by atoms with Gasteiger partial charge in [-0.25, -0.2) is 15.0 Å². The number of furan rings is 2. The van der Waals surface area contributed by atoms with Crippen molar-refractivity contribution < 1.29 is 8.83 Å². The van der Waals surface area contributed by atoms with Crippen LogP contribution in [0.2, 0.25) is 0 Å². The number of hydrogen-bond acceptors (Lipinski definition) is 5. The molecule has 0 amide bonds. The lowest BCUT2D eigenvalue weighted by Gasteiger charge is -2.10. The second kappa shape index (κ2) is 11.2. The van der Waals surface area contributed by atoms with Crippen LogP contribution in [0.1, 0.15) is 0 Å². The van der Waals surface area contributed by atoms with Crippen molar-refractivity contribution in [1.29, 1.82) is 0 Å². The highest BCUT2D eigenvalue weighted by molar-refractivity contribution is 6.16. The molecule has 0 saturated carbocycles. The smallest absolute Gasteiger partial charge is 0.164 e. The van der Waals surface area contributed by atoms with Crippen LogP contribution in [-0.2, 0) is 0 Å². The fourth-order valence-corrected chi connectivity index (χ4v) is 7.61. The van der Waals surface area contributed by atoms with E-state index in [9.17, 15) is 0 Å². The molecule has 0 atom stereocenters. The summed E-state index contributed by atoms with van der Waals surface area (Å²) in [6, 6.07) is 56.4. The van der Waals surface area contributed by atoms with Crippen LogP contribution in [0.5, 0.6) is 0 Å². The van der Waals surface area contributed by atoms with E-state index in [-0.39, 0.29) is 0 Å². The van der Waals surface area contributed by atoms with Gasteiger partial charge in [-0.2, -0.15) is 0 Å². The highest BCUT2D eigenvalue weighted by Crippen LogP contribution is 2.41. The molecule has 0 bridgehead atoms. The van der Waals surface area contributed by atoms with Gasteiger partial charge < -0.3 is 8.83 Å². The van der Waals surface area contributed by atoms with Gasteiger partial charge in [0.1, 0.15) is 22.3 Å². The van der Waals surface area contributed by atoms with Crippen molar-refractivity contribution in [2.75, 3.05) is 0 Å². The Hall–Kier alpha value is -7.11. The first kappa shape index (κ1) is 28.7. The van der Waals surface area contributed by atoms with Crippen LogP contribution in [0, 0.1) is 0 Å². The van der Waals surface area contributed by atoms with Crippen LogP contribution in [0.25, 0.3) is 111 Å². The lowest BCUT2D eigenvalue weighted by molar-refractivity contribution is 0.669. The normalized spacial score (nSPS) is 11.8. The van der Waals surface area contributed by atoms with E-state index in [1.807, 2.05) is 30.3 Å². The fourth-order valence-electron chi connectivity index (χ4n) is 7.61. The summed E-state index contributed by atoms with van der Waals surface area (Å²) in [4.78, 5) is 15.4. The van der Waals surface area contributed by atoms with Crippen molar-refractivity contribution in [2.45, 2.75) is 0 Å². The third-order valence-electron chi connectivity index (χ3n) is 10.1. The van der Waals surface area contributed by atoms with E-state index in [0.29, 0.717) is 17.5 Å². The predicted octanol–water partition coefficient (Wildman–Crippen LogP) is 12.6. The second-order valence-corrected chi connectivity index (χ2v) is 13.2. The average Bonchev–Trinajstić information content (AvgIpc) is 3.78. The molecule has 3 aromatic heterocycles. The Kier molecular flexibility index (Phi) is 6.18. The van der Waals surface area contributed by atoms with Crippen LogP contribution >= 0.6 is 0 Å². The number of benzene rings is 8. The highest BCUT2D eigenvalue weighted by atomic mass is 16.3. The van der Waals surface area contributed by atoms with E-state index in [1.54, 1.807) is 0 Å². The van der Waals surface area contributed by atoms with E-state index in [2.05, 4.69) is 133 Å². The Morgan fingerprint density at radius 1 is 0.308 bits per heavy atom. The van der Waals surface area contributed by atoms with Crippen LogP contribution < -0.4 is 0 Å². The van der Waals surface area contributed by atoms with Crippen molar-refractivity contribution in [3.8, 4) is 45.3 Å². The van der Waals surface area contributed by atoms with Gasteiger partial charge in [0.25, 0.3) is 0 Å². The summed E-state index contributed by atoms with van der Waals surface area (Å²) in [7, 11) is 0. The molecule has 11 aromatic rings. The first-order valence-corrected chi connectivity index (χ1v) is 17.3. The lowest BCUT2D eigenvalue weighted by Crippen LogP contribution is -2.00. The minimum atomic E-state index is 0.586. The Morgan fingerprint density at radius 2 is 0.808 bits per heavy atom. The number of nitrogens with zero attached hydrogens (tertiary/aromatic N) is 3. The van der Waals surface area contributed by atoms with E-state index < -0.39 is 0 Å². The molecule has 8 aromatic carbocycles. The molecule has 3 heterocycles. The third kappa shape index (κ3) is 4.53. The van der Waals surface area contributed by atoms with Gasteiger partial charge in [-0.15, -0.1) is 0 Å². The molecule has 52 heavy (non-hydrogen) atoms. The molecule has 0 aliphatic carbocycles. The van der Waals surface area contributed by atoms with Gasteiger partial charge in [0.2, 0.25) is 0 Å². The fraction of sp³-hybridized carbons (Fsp3) is 0. The second-order valence-electron chi connectivity index (χ2n) is 13.2. The van der Waals surface area contributed by atoms with Crippen molar-refractivity contribution in [3.05, 3.63) is 164 Å². The summed E-state index contributed by atoms with van der Waals surface area (Å²) in [5, 5.41) is 8.74. The van der Waals surface area contributed by atoms with Gasteiger partial charge in [-0.3, -0.25) is 0 Å². The topological polar surface area (TPSA) is 65.0 Å². The molecule has 0 fully saturated rings. The van der Waals surface area contributed by atoms with Gasteiger partial charge in [-0.1, -0.05) is 121 Å². The zero-order valence-electron chi connectivity index (χ0n) is 27.7. The van der Waals surface area contributed by atoms with Crippen LogP contribution in [-0.4, -0.2) is 15.0 Å². The summed E-state index contributed by atoms with van der Waals surface area (Å²) >= 11 is 0. The van der Waals surface area contributed by atoms with Gasteiger partial charge in [0.05, 0.1) is 0 Å². The first-order chi connectivity index (χ1) is 25.7. The molecular weight excluding hydrogens is 639 g/mol. The molecule has 0 aliphatic heterocycles. The Labute approximate surface area is 297 Å². The van der Waals surface area contributed by atoms with Crippen molar-refractivity contribution in [2.24, 2.45) is 0 Å². The molecule has 11 rings (SSSR count). The summed E-state index contributed by atoms with van der Waals surface area (Å²) in [5.74, 6) is 1.81. The average molecular weight is 666 g/mol. The summed E-state index contributed by atoms with van der Waals surface area (Å²) < 4.78 is 12.7. The number of fused-ring (bicyclic) bond motifs is 8. The SMILES string of the molecule is c1ccc2cc(-c3nc(-c4ccc5ccccc5c4)nc(-c4cccc5oc6ccc(-c7cccc8oc9ccccc9c78)cc6c45)n3)ccc2c1. The Morgan fingerprint density at radius 3 is 1.48 bits per heavy atom. The van der Waals surface area contributed by atoms with E-state index in [4.69, 9.17) is 23.8 Å². The van der Waals surface area contributed by atoms with Gasteiger partial charge in [0, 0.05) is 38.2 Å². The van der Waals surface area contributed by atoms with E-state index in [0.717, 1.165) is 82.5 Å². The predicted molar refractivity (Wildman–Crippen MR) is 211 cm³/mol. The minimum absolute atomic E-state index is 0.586. The minimum Gasteiger partial charge on any atom is -0.456 e. The standard InChI is InChI=1S/C47H27N3O2/c1-3-11-30-25-33(21-19-28(30)9-1)45-48-46(34-22-20-29-10-2-4-12-31(29)26-34)50-47(49-45)37-15-8-18-42-44(37)38-27-32(23-24-40(38)52-42)35-14-7-17-41-43(35)36-13-5-6-16-39(36)51-41/h1-27H. The van der Waals surface area contributed by atoms with Crippen molar-refractivity contribution >= 4 is 65.4 Å². The zero-order valence-corrected chi connectivity index (χ0v) is 27.7. The quantitative estimate of drug-likeness (QED) is 0.187. The molecule has 0 spiro atoms. The molecule has 5 heteroatoms. The van der Waals surface area contributed by atoms with E-state index >= 15 is 0 Å². The Bertz CT molecular complexity index is 3110. The highest BCUT2D eigenvalue weighted by Gasteiger charge is 2.20. The summed E-state index contributed by atoms with van der Waals surface area (Å²) in [5.41, 5.74) is 8.23. The van der Waals surface area contributed by atoms with Crippen LogP contribution in [0.15, 0.2) is 173 Å². The molecule has 5 nitrogen and oxygen atoms in total. The molecule has 0 aliphatic rings.